The molecule has 0 spiro atoms. The quantitative estimate of drug-likeness (QED) is 0.0143. The Kier molecular flexibility index (Phi) is 24.9. The number of aliphatic hydroxyl groups is 1. The van der Waals surface area contributed by atoms with E-state index in [4.69, 9.17) is 36.8 Å². The number of carbonyl (C=O) groups excluding carboxylic acids is 2. The van der Waals surface area contributed by atoms with Crippen molar-refractivity contribution >= 4 is 40.4 Å². The Balaban J connectivity index is 1.63. The van der Waals surface area contributed by atoms with Gasteiger partial charge in [0.15, 0.2) is 5.82 Å². The molecule has 1 N–H and O–H groups in total. The van der Waals surface area contributed by atoms with Crippen LogP contribution in [-0.2, 0) is 54.7 Å². The molecule has 0 radical (unpaired) electrons. The van der Waals surface area contributed by atoms with Gasteiger partial charge in [-0.2, -0.15) is 10.2 Å². The molecule has 2 aromatic carbocycles. The number of carbonyl (C=O) groups is 2. The molecule has 76 heavy (non-hydrogen) atoms. The van der Waals surface area contributed by atoms with Gasteiger partial charge >= 0.3 is 25.5 Å². The molecule has 4 unspecified atom stereocenters. The van der Waals surface area contributed by atoms with Crippen LogP contribution >= 0.6 is 16.3 Å². The van der Waals surface area contributed by atoms with Crippen LogP contribution in [0.5, 0.6) is 11.5 Å². The van der Waals surface area contributed by atoms with Gasteiger partial charge < -0.3 is 33.3 Å². The summed E-state index contributed by atoms with van der Waals surface area (Å²) < 4.78 is 65.3. The van der Waals surface area contributed by atoms with Gasteiger partial charge in [0.05, 0.1) is 74.4 Å². The number of hydrogen-bond donors (Lipinski definition) is 1. The molecule has 418 valence electrons. The summed E-state index contributed by atoms with van der Waals surface area (Å²) in [7, 11) is -6.00. The Morgan fingerprint density at radius 1 is 0.855 bits per heavy atom. The van der Waals surface area contributed by atoms with E-state index >= 15 is 0 Å². The molecule has 0 bridgehead atoms. The predicted octanol–water partition coefficient (Wildman–Crippen LogP) is 10.7. The second-order valence-electron chi connectivity index (χ2n) is 21.8. The maximum atomic E-state index is 14.3. The lowest BCUT2D eigenvalue weighted by molar-refractivity contribution is -0.143. The number of benzene rings is 2. The van der Waals surface area contributed by atoms with Crippen LogP contribution in [0.3, 0.4) is 0 Å². The summed E-state index contributed by atoms with van der Waals surface area (Å²) >= 11 is 0. The highest BCUT2D eigenvalue weighted by molar-refractivity contribution is 7.48. The van der Waals surface area contributed by atoms with Crippen LogP contribution in [0.1, 0.15) is 139 Å². The van der Waals surface area contributed by atoms with Gasteiger partial charge in [-0.1, -0.05) is 63.8 Å². The molecule has 1 aromatic heterocycles. The summed E-state index contributed by atoms with van der Waals surface area (Å²) in [6, 6.07) is 15.3. The average molecular weight is 1100 g/mol. The fourth-order valence-electron chi connectivity index (χ4n) is 7.27. The number of aliphatic imine (C=N–C) groups is 1. The van der Waals surface area contributed by atoms with Crippen LogP contribution in [0.2, 0.25) is 0 Å². The maximum Gasteiger partial charge on any atom is 0.475 e. The minimum Gasteiger partial charge on any atom is -0.426 e. The Morgan fingerprint density at radius 2 is 1.38 bits per heavy atom. The number of nitriles is 1. The maximum absolute atomic E-state index is 14.3. The molecule has 2 heterocycles. The second kappa shape index (κ2) is 29.7. The first-order valence-electron chi connectivity index (χ1n) is 25.8. The number of ether oxygens (including phenoxy) is 3. The molecule has 3 aromatic rings. The molecular formula is C55H80N6O13P2. The molecule has 0 saturated carbocycles. The van der Waals surface area contributed by atoms with Crippen molar-refractivity contribution < 1.29 is 56.1 Å². The second-order valence-corrected chi connectivity index (χ2v) is 24.9. The third-order valence-electron chi connectivity index (χ3n) is 11.0. The highest BCUT2D eigenvalue weighted by Crippen LogP contribution is 2.52. The molecule has 19 nitrogen and oxygen atoms in total. The Bertz CT molecular complexity index is 2480. The van der Waals surface area contributed by atoms with E-state index in [1.807, 2.05) is 27.7 Å². The van der Waals surface area contributed by atoms with Crippen molar-refractivity contribution in [3.8, 4) is 29.4 Å². The highest BCUT2D eigenvalue weighted by Gasteiger charge is 2.41. The fraction of sp³-hybridized carbons (Fsp3) is 0.600. The number of aliphatic hydroxyl groups excluding tert-OH is 1. The first-order chi connectivity index (χ1) is 35.7. The van der Waals surface area contributed by atoms with E-state index in [1.54, 1.807) is 96.4 Å². The van der Waals surface area contributed by atoms with Gasteiger partial charge in [-0.3, -0.25) is 27.7 Å². The third-order valence-corrected chi connectivity index (χ3v) is 14.5. The summed E-state index contributed by atoms with van der Waals surface area (Å²) in [6.45, 7) is 27.7. The molecule has 4 atom stereocenters. The summed E-state index contributed by atoms with van der Waals surface area (Å²) in [4.78, 5) is 50.0. The number of nitrogens with zero attached hydrogens (tertiary/aromatic N) is 6. The van der Waals surface area contributed by atoms with Crippen LogP contribution in [0, 0.1) is 45.8 Å². The summed E-state index contributed by atoms with van der Waals surface area (Å²) in [5, 5.41) is 19.7. The summed E-state index contributed by atoms with van der Waals surface area (Å²) in [6.07, 6.45) is 1.14. The molecule has 0 amide bonds. The van der Waals surface area contributed by atoms with Crippen molar-refractivity contribution in [2.45, 2.75) is 160 Å². The lowest BCUT2D eigenvalue weighted by atomic mass is 9.97. The van der Waals surface area contributed by atoms with Gasteiger partial charge in [-0.05, 0) is 116 Å². The van der Waals surface area contributed by atoms with Gasteiger partial charge in [-0.15, -0.1) is 0 Å². The fourth-order valence-corrected chi connectivity index (χ4v) is 10.2. The van der Waals surface area contributed by atoms with E-state index in [2.05, 4.69) is 65.2 Å². The Labute approximate surface area is 451 Å². The molecule has 1 fully saturated rings. The van der Waals surface area contributed by atoms with E-state index in [-0.39, 0.29) is 69.2 Å². The minimum atomic E-state index is -4.31. The summed E-state index contributed by atoms with van der Waals surface area (Å²) in [5.74, 6) is 6.74. The van der Waals surface area contributed by atoms with E-state index in [0.717, 1.165) is 0 Å². The van der Waals surface area contributed by atoms with Gasteiger partial charge in [0, 0.05) is 44.2 Å². The monoisotopic (exact) mass is 1090 g/mol. The molecule has 0 aliphatic carbocycles. The lowest BCUT2D eigenvalue weighted by Gasteiger charge is -2.37. The average Bonchev–Trinajstić information content (AvgIpc) is 3.74. The van der Waals surface area contributed by atoms with Crippen molar-refractivity contribution in [3.63, 3.8) is 0 Å². The zero-order valence-electron chi connectivity index (χ0n) is 46.8. The van der Waals surface area contributed by atoms with E-state index < -0.39 is 69.8 Å². The SMILES string of the molecule is CC(C)CN(C=Nc1nc(=O)n(C2CC(OP(OCCC#N)N(C(C)C)C(C)C)C(CO)O2)cc1C#CCCOP(=O)(OCc1ccc(OC(=O)C(C)(C)C)cc1)OCc1ccc(OC(=O)C(C)(C)C)cc1)CC(C)C. The number of rotatable bonds is 27. The van der Waals surface area contributed by atoms with Crippen molar-refractivity contribution in [3.05, 3.63) is 81.9 Å². The van der Waals surface area contributed by atoms with Crippen LogP contribution in [0.15, 0.2) is 64.5 Å². The third kappa shape index (κ3) is 20.8. The highest BCUT2D eigenvalue weighted by atomic mass is 31.2. The largest absolute Gasteiger partial charge is 0.475 e. The topological polar surface area (TPSA) is 223 Å². The summed E-state index contributed by atoms with van der Waals surface area (Å²) in [5.41, 5.74) is -0.589. The Morgan fingerprint density at radius 3 is 1.84 bits per heavy atom. The first-order valence-corrected chi connectivity index (χ1v) is 28.4. The van der Waals surface area contributed by atoms with Crippen LogP contribution < -0.4 is 15.2 Å². The zero-order valence-corrected chi connectivity index (χ0v) is 48.6. The van der Waals surface area contributed by atoms with Crippen LogP contribution in [0.4, 0.5) is 5.82 Å². The number of phosphoric acid groups is 1. The van der Waals surface area contributed by atoms with E-state index in [0.29, 0.717) is 47.6 Å². The first kappa shape index (κ1) is 63.7. The molecule has 1 saturated heterocycles. The van der Waals surface area contributed by atoms with E-state index in [1.165, 1.54) is 10.8 Å². The smallest absolute Gasteiger partial charge is 0.426 e. The molecule has 1 aliphatic heterocycles. The lowest BCUT2D eigenvalue weighted by Crippen LogP contribution is -2.36. The van der Waals surface area contributed by atoms with Gasteiger partial charge in [0.2, 0.25) is 0 Å². The van der Waals surface area contributed by atoms with Crippen LogP contribution in [-0.4, -0.2) is 99.7 Å². The van der Waals surface area contributed by atoms with Gasteiger partial charge in [0.1, 0.15) is 23.8 Å². The van der Waals surface area contributed by atoms with Crippen molar-refractivity contribution in [2.24, 2.45) is 27.7 Å². The minimum absolute atomic E-state index is 0.0213. The zero-order chi connectivity index (χ0) is 56.4. The van der Waals surface area contributed by atoms with Gasteiger partial charge in [0.25, 0.3) is 8.53 Å². The van der Waals surface area contributed by atoms with E-state index in [9.17, 15) is 29.3 Å². The van der Waals surface area contributed by atoms with Crippen molar-refractivity contribution in [1.82, 2.24) is 19.1 Å². The van der Waals surface area contributed by atoms with Crippen molar-refractivity contribution in [1.29, 1.82) is 5.26 Å². The molecule has 1 aliphatic rings. The number of esters is 2. The van der Waals surface area contributed by atoms with Gasteiger partial charge in [-0.25, -0.2) is 19.0 Å². The number of hydrogen-bond acceptors (Lipinski definition) is 17. The predicted molar refractivity (Wildman–Crippen MR) is 291 cm³/mol. The van der Waals surface area contributed by atoms with Crippen molar-refractivity contribution in [2.75, 3.05) is 32.9 Å². The van der Waals surface area contributed by atoms with Crippen LogP contribution in [0.25, 0.3) is 0 Å². The normalized spacial score (nSPS) is 16.6. The number of phosphoric ester groups is 1. The molecule has 21 heteroatoms. The molecular weight excluding hydrogens is 1010 g/mol. The standard InChI is InChI=1S/C55H80N6O13P2/c1-38(2)31-59(32-39(3)4)37-57-50-44(33-60(53(65)58-50)49-30-47(48(34-62)73-49)74-75(67-28-17-27-56)61(40(5)6)41(7)8)18-15-16-29-68-76(66,69-35-42-19-23-45(24-20-42)71-51(63)54(9,10)11)70-36-43-21-25-46(26-22-43)72-52(64)55(12,13)14/h19-26,33,37-41,47-49,62H,16-17,28-32,34-36H2,1-14H3. The Hall–Kier alpha value is -4.88. The number of aromatic nitrogens is 2. The molecule has 4 rings (SSSR count).